The number of rotatable bonds is 3. The van der Waals surface area contributed by atoms with Crippen molar-refractivity contribution in [2.45, 2.75) is 45.6 Å². The van der Waals surface area contributed by atoms with Crippen molar-refractivity contribution in [2.75, 3.05) is 13.1 Å². The molecule has 2 rings (SSSR count). The molecule has 1 aliphatic heterocycles. The normalized spacial score (nSPS) is 21.5. The average Bonchev–Trinajstić information content (AvgIpc) is 2.77. The van der Waals surface area contributed by atoms with Crippen LogP contribution in [0.4, 0.5) is 0 Å². The van der Waals surface area contributed by atoms with Crippen molar-refractivity contribution in [3.8, 4) is 0 Å². The fraction of sp³-hybridized carbons (Fsp3) is 0.769. The van der Waals surface area contributed by atoms with Crippen molar-refractivity contribution in [1.82, 2.24) is 15.1 Å². The quantitative estimate of drug-likeness (QED) is 0.897. The van der Waals surface area contributed by atoms with E-state index < -0.39 is 5.97 Å². The summed E-state index contributed by atoms with van der Waals surface area (Å²) in [6.07, 6.45) is 1.65. The largest absolute Gasteiger partial charge is 0.481 e. The summed E-state index contributed by atoms with van der Waals surface area (Å²) in [5.74, 6) is 0.189. The molecule has 0 saturated carbocycles. The number of likely N-dealkylation sites (tertiary alicyclic amines) is 1. The monoisotopic (exact) mass is 267 g/mol. The highest BCUT2D eigenvalue weighted by Crippen LogP contribution is 2.22. The van der Waals surface area contributed by atoms with E-state index in [0.717, 1.165) is 19.4 Å². The molecule has 0 bridgehead atoms. The number of carbonyl (C=O) groups is 1. The van der Waals surface area contributed by atoms with Gasteiger partial charge in [-0.25, -0.2) is 0 Å². The lowest BCUT2D eigenvalue weighted by molar-refractivity contribution is -0.143. The zero-order valence-corrected chi connectivity index (χ0v) is 11.7. The summed E-state index contributed by atoms with van der Waals surface area (Å²) in [6, 6.07) is 0. The Hall–Kier alpha value is -1.43. The van der Waals surface area contributed by atoms with Gasteiger partial charge in [-0.1, -0.05) is 20.8 Å². The van der Waals surface area contributed by atoms with E-state index in [1.165, 1.54) is 0 Å². The summed E-state index contributed by atoms with van der Waals surface area (Å²) in [7, 11) is 0. The van der Waals surface area contributed by atoms with Crippen molar-refractivity contribution in [3.05, 3.63) is 11.8 Å². The van der Waals surface area contributed by atoms with Crippen molar-refractivity contribution in [2.24, 2.45) is 5.92 Å². The molecule has 19 heavy (non-hydrogen) atoms. The summed E-state index contributed by atoms with van der Waals surface area (Å²) in [6.45, 7) is 8.04. The number of aromatic nitrogens is 2. The molecule has 1 N–H and O–H groups in total. The van der Waals surface area contributed by atoms with Crippen LogP contribution in [0.25, 0.3) is 0 Å². The number of carboxylic acids is 1. The van der Waals surface area contributed by atoms with Gasteiger partial charge in [0.05, 0.1) is 12.5 Å². The summed E-state index contributed by atoms with van der Waals surface area (Å²) in [5.41, 5.74) is -0.156. The van der Waals surface area contributed by atoms with Crippen molar-refractivity contribution in [1.29, 1.82) is 0 Å². The second-order valence-electron chi connectivity index (χ2n) is 6.16. The predicted molar refractivity (Wildman–Crippen MR) is 68.6 cm³/mol. The Morgan fingerprint density at radius 2 is 2.21 bits per heavy atom. The van der Waals surface area contributed by atoms with Crippen LogP contribution in [0.1, 0.15) is 45.4 Å². The van der Waals surface area contributed by atoms with Crippen LogP contribution < -0.4 is 0 Å². The summed E-state index contributed by atoms with van der Waals surface area (Å²) in [5, 5.41) is 17.1. The third-order valence-electron chi connectivity index (χ3n) is 3.32. The Morgan fingerprint density at radius 1 is 1.47 bits per heavy atom. The number of hydrogen-bond acceptors (Lipinski definition) is 5. The van der Waals surface area contributed by atoms with E-state index in [9.17, 15) is 4.79 Å². The van der Waals surface area contributed by atoms with Gasteiger partial charge in [-0.15, -0.1) is 10.2 Å². The molecule has 6 heteroatoms. The lowest BCUT2D eigenvalue weighted by Crippen LogP contribution is -2.38. The molecule has 1 atom stereocenters. The highest BCUT2D eigenvalue weighted by Gasteiger charge is 2.27. The van der Waals surface area contributed by atoms with E-state index in [4.69, 9.17) is 9.52 Å². The second kappa shape index (κ2) is 5.28. The molecule has 1 unspecified atom stereocenters. The van der Waals surface area contributed by atoms with Crippen LogP contribution in [0.15, 0.2) is 4.42 Å². The Bertz CT molecular complexity index is 450. The first kappa shape index (κ1) is 14.0. The van der Waals surface area contributed by atoms with Gasteiger partial charge in [0.1, 0.15) is 0 Å². The van der Waals surface area contributed by atoms with E-state index in [1.807, 2.05) is 20.8 Å². The van der Waals surface area contributed by atoms with E-state index in [1.54, 1.807) is 0 Å². The molecule has 1 fully saturated rings. The molecule has 106 valence electrons. The highest BCUT2D eigenvalue weighted by atomic mass is 16.4. The molecule has 0 aliphatic carbocycles. The maximum Gasteiger partial charge on any atom is 0.307 e. The van der Waals surface area contributed by atoms with E-state index in [2.05, 4.69) is 15.1 Å². The zero-order valence-electron chi connectivity index (χ0n) is 11.7. The smallest absolute Gasteiger partial charge is 0.307 e. The van der Waals surface area contributed by atoms with E-state index >= 15 is 0 Å². The van der Waals surface area contributed by atoms with Crippen molar-refractivity contribution < 1.29 is 14.3 Å². The molecular weight excluding hydrogens is 246 g/mol. The lowest BCUT2D eigenvalue weighted by atomic mass is 9.97. The first-order chi connectivity index (χ1) is 8.86. The zero-order chi connectivity index (χ0) is 14.0. The standard InChI is InChI=1S/C13H21N3O3/c1-13(2,3)12-15-14-10(19-12)8-16-6-4-5-9(7-16)11(17)18/h9H,4-8H2,1-3H3,(H,17,18). The van der Waals surface area contributed by atoms with Crippen LogP contribution >= 0.6 is 0 Å². The Morgan fingerprint density at radius 3 is 2.79 bits per heavy atom. The molecule has 0 aromatic carbocycles. The average molecular weight is 267 g/mol. The van der Waals surface area contributed by atoms with Crippen LogP contribution in [0, 0.1) is 5.92 Å². The van der Waals surface area contributed by atoms with Crippen LogP contribution in [0.3, 0.4) is 0 Å². The van der Waals surface area contributed by atoms with E-state index in [0.29, 0.717) is 24.9 Å². The highest BCUT2D eigenvalue weighted by molar-refractivity contribution is 5.70. The fourth-order valence-corrected chi connectivity index (χ4v) is 2.21. The third kappa shape index (κ3) is 3.53. The summed E-state index contributed by atoms with van der Waals surface area (Å²) >= 11 is 0. The fourth-order valence-electron chi connectivity index (χ4n) is 2.21. The van der Waals surface area contributed by atoms with Gasteiger partial charge in [-0.05, 0) is 19.4 Å². The molecule has 1 saturated heterocycles. The Balaban J connectivity index is 1.97. The minimum Gasteiger partial charge on any atom is -0.481 e. The van der Waals surface area contributed by atoms with Gasteiger partial charge in [-0.3, -0.25) is 9.69 Å². The molecule has 2 heterocycles. The number of hydrogen-bond donors (Lipinski definition) is 1. The van der Waals surface area contributed by atoms with Crippen molar-refractivity contribution in [3.63, 3.8) is 0 Å². The van der Waals surface area contributed by atoms with Gasteiger partial charge >= 0.3 is 5.97 Å². The number of aliphatic carboxylic acids is 1. The number of nitrogens with zero attached hydrogens (tertiary/aromatic N) is 3. The molecular formula is C13H21N3O3. The molecule has 0 amide bonds. The second-order valence-corrected chi connectivity index (χ2v) is 6.16. The van der Waals surface area contributed by atoms with Gasteiger partial charge in [0.25, 0.3) is 0 Å². The number of piperidine rings is 1. The van der Waals surface area contributed by atoms with Crippen molar-refractivity contribution >= 4 is 5.97 Å². The SMILES string of the molecule is CC(C)(C)c1nnc(CN2CCCC(C(=O)O)C2)o1. The molecule has 0 spiro atoms. The lowest BCUT2D eigenvalue weighted by Gasteiger charge is -2.29. The number of carboxylic acid groups (broad SMARTS) is 1. The maximum absolute atomic E-state index is 11.0. The molecule has 1 aromatic heterocycles. The molecule has 0 radical (unpaired) electrons. The summed E-state index contributed by atoms with van der Waals surface area (Å²) < 4.78 is 5.64. The molecule has 6 nitrogen and oxygen atoms in total. The summed E-state index contributed by atoms with van der Waals surface area (Å²) in [4.78, 5) is 13.1. The minimum absolute atomic E-state index is 0.156. The van der Waals surface area contributed by atoms with Gasteiger partial charge < -0.3 is 9.52 Å². The minimum atomic E-state index is -0.717. The Kier molecular flexibility index (Phi) is 3.89. The van der Waals surface area contributed by atoms with Crippen LogP contribution in [-0.4, -0.2) is 39.3 Å². The van der Waals surface area contributed by atoms with Gasteiger partial charge in [0.2, 0.25) is 11.8 Å². The maximum atomic E-state index is 11.0. The first-order valence-corrected chi connectivity index (χ1v) is 6.64. The molecule has 1 aliphatic rings. The van der Waals surface area contributed by atoms with Gasteiger partial charge in [0, 0.05) is 12.0 Å². The van der Waals surface area contributed by atoms with Gasteiger partial charge in [-0.2, -0.15) is 0 Å². The first-order valence-electron chi connectivity index (χ1n) is 6.64. The Labute approximate surface area is 112 Å². The third-order valence-corrected chi connectivity index (χ3v) is 3.32. The van der Waals surface area contributed by atoms with Crippen LogP contribution in [-0.2, 0) is 16.8 Å². The van der Waals surface area contributed by atoms with E-state index in [-0.39, 0.29) is 11.3 Å². The predicted octanol–water partition coefficient (Wildman–Crippen LogP) is 1.66. The molecule has 1 aromatic rings. The van der Waals surface area contributed by atoms with Crippen LogP contribution in [0.5, 0.6) is 0 Å². The van der Waals surface area contributed by atoms with Crippen LogP contribution in [0.2, 0.25) is 0 Å². The van der Waals surface area contributed by atoms with Gasteiger partial charge in [0.15, 0.2) is 0 Å². The topological polar surface area (TPSA) is 79.5 Å².